The van der Waals surface area contributed by atoms with E-state index in [2.05, 4.69) is 4.74 Å². The number of ether oxygens (including phenoxy) is 1. The van der Waals surface area contributed by atoms with Crippen LogP contribution in [0.2, 0.25) is 0 Å². The molecular weight excluding hydrogens is 225 g/mol. The van der Waals surface area contributed by atoms with Crippen LogP contribution in [0, 0.1) is 0 Å². The van der Waals surface area contributed by atoms with Crippen LogP contribution in [0.25, 0.3) is 0 Å². The van der Waals surface area contributed by atoms with Gasteiger partial charge in [-0.1, -0.05) is 6.07 Å². The topological polar surface area (TPSA) is 55.6 Å². The lowest BCUT2D eigenvalue weighted by molar-refractivity contribution is -0.274. The number of carbonyl (C=O) groups is 1. The normalized spacial score (nSPS) is 11.1. The number of nitrogens with zero attached hydrogens (tertiary/aromatic N) is 1. The third-order valence-corrected chi connectivity index (χ3v) is 1.63. The molecule has 16 heavy (non-hydrogen) atoms. The molecule has 0 bridgehead atoms. The van der Waals surface area contributed by atoms with E-state index < -0.39 is 18.0 Å². The molecule has 88 valence electrons. The van der Waals surface area contributed by atoms with Gasteiger partial charge in [0.05, 0.1) is 0 Å². The summed E-state index contributed by atoms with van der Waals surface area (Å²) in [6.07, 6.45) is -4.78. The molecule has 1 rings (SSSR count). The van der Waals surface area contributed by atoms with Crippen molar-refractivity contribution in [3.8, 4) is 5.75 Å². The van der Waals surface area contributed by atoms with E-state index in [4.69, 9.17) is 5.84 Å². The monoisotopic (exact) mass is 234 g/mol. The number of halogens is 3. The lowest BCUT2D eigenvalue weighted by Crippen LogP contribution is -2.33. The number of alkyl halides is 3. The fourth-order valence-electron chi connectivity index (χ4n) is 1.03. The van der Waals surface area contributed by atoms with Crippen LogP contribution in [0.5, 0.6) is 5.75 Å². The van der Waals surface area contributed by atoms with Crippen LogP contribution in [-0.4, -0.2) is 24.3 Å². The Bertz CT molecular complexity index is 391. The Balaban J connectivity index is 2.91. The predicted octanol–water partition coefficient (Wildman–Crippen LogP) is 1.53. The molecule has 0 heterocycles. The van der Waals surface area contributed by atoms with Crippen molar-refractivity contribution in [3.63, 3.8) is 0 Å². The number of carbonyl (C=O) groups excluding carboxylic acids is 1. The third-order valence-electron chi connectivity index (χ3n) is 1.63. The quantitative estimate of drug-likeness (QED) is 0.479. The van der Waals surface area contributed by atoms with E-state index in [-0.39, 0.29) is 5.56 Å². The molecule has 1 amide bonds. The van der Waals surface area contributed by atoms with E-state index in [1.54, 1.807) is 0 Å². The zero-order valence-electron chi connectivity index (χ0n) is 8.28. The highest BCUT2D eigenvalue weighted by Crippen LogP contribution is 2.23. The number of amides is 1. The second kappa shape index (κ2) is 4.40. The molecule has 0 unspecified atom stereocenters. The van der Waals surface area contributed by atoms with Crippen LogP contribution < -0.4 is 10.6 Å². The van der Waals surface area contributed by atoms with Gasteiger partial charge in [0.1, 0.15) is 5.75 Å². The molecule has 0 fully saturated rings. The molecule has 1 aromatic carbocycles. The minimum Gasteiger partial charge on any atom is -0.406 e. The standard InChI is InChI=1S/C9H9F3N2O2/c1-14(13)8(15)6-3-2-4-7(5-6)16-9(10,11)12/h2-5H,13H2,1H3. The smallest absolute Gasteiger partial charge is 0.406 e. The Kier molecular flexibility index (Phi) is 3.38. The second-order valence-corrected chi connectivity index (χ2v) is 2.99. The van der Waals surface area contributed by atoms with E-state index in [9.17, 15) is 18.0 Å². The van der Waals surface area contributed by atoms with Gasteiger partial charge < -0.3 is 4.74 Å². The molecule has 4 nitrogen and oxygen atoms in total. The first-order valence-corrected chi connectivity index (χ1v) is 4.18. The van der Waals surface area contributed by atoms with Gasteiger partial charge in [0.15, 0.2) is 0 Å². The van der Waals surface area contributed by atoms with Crippen molar-refractivity contribution >= 4 is 5.91 Å². The Morgan fingerprint density at radius 2 is 2.06 bits per heavy atom. The largest absolute Gasteiger partial charge is 0.573 e. The van der Waals surface area contributed by atoms with Crippen LogP contribution in [0.1, 0.15) is 10.4 Å². The number of hydrogen-bond donors (Lipinski definition) is 1. The molecule has 0 atom stereocenters. The molecule has 0 radical (unpaired) electrons. The van der Waals surface area contributed by atoms with Crippen molar-refractivity contribution in [1.29, 1.82) is 0 Å². The van der Waals surface area contributed by atoms with Gasteiger partial charge in [-0.05, 0) is 18.2 Å². The van der Waals surface area contributed by atoms with Gasteiger partial charge in [0, 0.05) is 12.6 Å². The summed E-state index contributed by atoms with van der Waals surface area (Å²) in [6.45, 7) is 0. The minimum atomic E-state index is -4.78. The van der Waals surface area contributed by atoms with Crippen molar-refractivity contribution in [3.05, 3.63) is 29.8 Å². The maximum absolute atomic E-state index is 11.9. The van der Waals surface area contributed by atoms with Crippen molar-refractivity contribution in [2.24, 2.45) is 5.84 Å². The highest BCUT2D eigenvalue weighted by atomic mass is 19.4. The number of nitrogens with two attached hydrogens (primary N) is 1. The fourth-order valence-corrected chi connectivity index (χ4v) is 1.03. The lowest BCUT2D eigenvalue weighted by Gasteiger charge is -2.12. The molecule has 2 N–H and O–H groups in total. The molecular formula is C9H9F3N2O2. The average Bonchev–Trinajstić information content (AvgIpc) is 2.14. The highest BCUT2D eigenvalue weighted by molar-refractivity contribution is 5.93. The third kappa shape index (κ3) is 3.43. The second-order valence-electron chi connectivity index (χ2n) is 2.99. The number of hydrogen-bond acceptors (Lipinski definition) is 3. The highest BCUT2D eigenvalue weighted by Gasteiger charge is 2.31. The maximum Gasteiger partial charge on any atom is 0.573 e. The molecule has 0 saturated carbocycles. The zero-order chi connectivity index (χ0) is 12.3. The number of rotatable bonds is 2. The van der Waals surface area contributed by atoms with Crippen molar-refractivity contribution in [1.82, 2.24) is 5.01 Å². The molecule has 0 aromatic heterocycles. The Morgan fingerprint density at radius 1 is 1.44 bits per heavy atom. The zero-order valence-corrected chi connectivity index (χ0v) is 8.28. The maximum atomic E-state index is 11.9. The summed E-state index contributed by atoms with van der Waals surface area (Å²) in [5.74, 6) is 4.10. The molecule has 0 aliphatic carbocycles. The van der Waals surface area contributed by atoms with Gasteiger partial charge in [-0.2, -0.15) is 0 Å². The SMILES string of the molecule is CN(N)C(=O)c1cccc(OC(F)(F)F)c1. The Morgan fingerprint density at radius 3 is 2.56 bits per heavy atom. The van der Waals surface area contributed by atoms with Gasteiger partial charge in [-0.3, -0.25) is 9.80 Å². The number of benzene rings is 1. The van der Waals surface area contributed by atoms with Crippen molar-refractivity contribution in [2.75, 3.05) is 7.05 Å². The van der Waals surface area contributed by atoms with Gasteiger partial charge in [-0.15, -0.1) is 13.2 Å². The summed E-state index contributed by atoms with van der Waals surface area (Å²) in [7, 11) is 1.29. The summed E-state index contributed by atoms with van der Waals surface area (Å²) < 4.78 is 39.3. The van der Waals surface area contributed by atoms with Gasteiger partial charge in [-0.25, -0.2) is 5.84 Å². The van der Waals surface area contributed by atoms with Crippen LogP contribution in [0.15, 0.2) is 24.3 Å². The Labute approximate surface area is 89.4 Å². The van der Waals surface area contributed by atoms with Gasteiger partial charge >= 0.3 is 6.36 Å². The summed E-state index contributed by atoms with van der Waals surface area (Å²) in [4.78, 5) is 11.3. The van der Waals surface area contributed by atoms with Crippen molar-refractivity contribution in [2.45, 2.75) is 6.36 Å². The first-order valence-electron chi connectivity index (χ1n) is 4.18. The number of hydrazine groups is 1. The molecule has 7 heteroatoms. The van der Waals surface area contributed by atoms with E-state index in [1.165, 1.54) is 19.2 Å². The summed E-state index contributed by atoms with van der Waals surface area (Å²) in [5.41, 5.74) is 0.0201. The van der Waals surface area contributed by atoms with Crippen LogP contribution in [-0.2, 0) is 0 Å². The Hall–Kier alpha value is -1.76. The lowest BCUT2D eigenvalue weighted by atomic mass is 10.2. The minimum absolute atomic E-state index is 0.0201. The fraction of sp³-hybridized carbons (Fsp3) is 0.222. The van der Waals surface area contributed by atoms with Crippen molar-refractivity contribution < 1.29 is 22.7 Å². The van der Waals surface area contributed by atoms with Gasteiger partial charge in [0.2, 0.25) is 0 Å². The van der Waals surface area contributed by atoms with E-state index >= 15 is 0 Å². The first kappa shape index (κ1) is 12.3. The molecule has 1 aromatic rings. The molecule has 0 spiro atoms. The van der Waals surface area contributed by atoms with Gasteiger partial charge in [0.25, 0.3) is 5.91 Å². The van der Waals surface area contributed by atoms with E-state index in [0.29, 0.717) is 0 Å². The van der Waals surface area contributed by atoms with E-state index in [0.717, 1.165) is 17.1 Å². The van der Waals surface area contributed by atoms with E-state index in [1.807, 2.05) is 0 Å². The summed E-state index contributed by atoms with van der Waals surface area (Å²) in [6, 6.07) is 4.69. The summed E-state index contributed by atoms with van der Waals surface area (Å²) in [5, 5.41) is 0.771. The average molecular weight is 234 g/mol. The van der Waals surface area contributed by atoms with Crippen LogP contribution >= 0.6 is 0 Å². The molecule has 0 aliphatic heterocycles. The molecule has 0 saturated heterocycles. The van der Waals surface area contributed by atoms with Crippen LogP contribution in [0.4, 0.5) is 13.2 Å². The first-order chi connectivity index (χ1) is 7.29. The summed E-state index contributed by atoms with van der Waals surface area (Å²) >= 11 is 0. The molecule has 0 aliphatic rings. The predicted molar refractivity (Wildman–Crippen MR) is 49.4 cm³/mol. The van der Waals surface area contributed by atoms with Crippen LogP contribution in [0.3, 0.4) is 0 Å².